The molecule has 16 heavy (non-hydrogen) atoms. The minimum absolute atomic E-state index is 0.605. The Morgan fingerprint density at radius 3 is 2.19 bits per heavy atom. The van der Waals surface area contributed by atoms with Gasteiger partial charge in [0.1, 0.15) is 5.75 Å². The van der Waals surface area contributed by atoms with E-state index in [1.165, 1.54) is 0 Å². The van der Waals surface area contributed by atoms with E-state index in [0.717, 1.165) is 0 Å². The predicted octanol–water partition coefficient (Wildman–Crippen LogP) is 3.03. The summed E-state index contributed by atoms with van der Waals surface area (Å²) in [6.07, 6.45) is 4.08. The Kier molecular flexibility index (Phi) is 12.6. The van der Waals surface area contributed by atoms with Gasteiger partial charge in [-0.15, -0.1) is 13.2 Å². The lowest BCUT2D eigenvalue weighted by molar-refractivity contribution is 0.342. The van der Waals surface area contributed by atoms with Crippen LogP contribution in [-0.2, 0) is 0 Å². The molecule has 0 heterocycles. The highest BCUT2D eigenvalue weighted by Gasteiger charge is 1.97. The first-order chi connectivity index (χ1) is 7.65. The van der Waals surface area contributed by atoms with Crippen molar-refractivity contribution < 1.29 is 4.74 Å². The lowest BCUT2D eigenvalue weighted by Gasteiger charge is -2.06. The maximum atomic E-state index is 5.59. The molecule has 0 aromatic heterocycles. The molecule has 0 saturated heterocycles. The molecule has 0 spiro atoms. The lowest BCUT2D eigenvalue weighted by Crippen LogP contribution is -1.97. The SMILES string of the molecule is C=C.CCOc1cc(N)ccc1N.CSC. The molecule has 1 aromatic carbocycles. The van der Waals surface area contributed by atoms with E-state index in [1.807, 2.05) is 19.4 Å². The molecule has 0 atom stereocenters. The van der Waals surface area contributed by atoms with Crippen molar-refractivity contribution in [2.45, 2.75) is 6.92 Å². The van der Waals surface area contributed by atoms with Gasteiger partial charge >= 0.3 is 0 Å². The van der Waals surface area contributed by atoms with Crippen molar-refractivity contribution in [3.8, 4) is 5.75 Å². The second-order valence-corrected chi connectivity index (χ2v) is 3.46. The third-order valence-corrected chi connectivity index (χ3v) is 1.34. The standard InChI is InChI=1S/C8H12N2O.C2H6S.C2H4/c1-2-11-8-5-6(9)3-4-7(8)10;1-3-2;1-2/h3-5H,2,9-10H2,1H3;1-2H3;1-2H2. The smallest absolute Gasteiger partial charge is 0.144 e. The largest absolute Gasteiger partial charge is 0.492 e. The molecule has 4 N–H and O–H groups in total. The Balaban J connectivity index is 0. The number of ether oxygens (including phenoxy) is 1. The fourth-order valence-corrected chi connectivity index (χ4v) is 0.831. The Morgan fingerprint density at radius 1 is 1.25 bits per heavy atom. The zero-order valence-electron chi connectivity index (χ0n) is 10.3. The van der Waals surface area contributed by atoms with Crippen LogP contribution in [0.15, 0.2) is 31.4 Å². The number of nitrogens with two attached hydrogens (primary N) is 2. The summed E-state index contributed by atoms with van der Waals surface area (Å²) in [4.78, 5) is 0. The molecule has 0 bridgehead atoms. The van der Waals surface area contributed by atoms with E-state index in [-0.39, 0.29) is 0 Å². The van der Waals surface area contributed by atoms with Crippen LogP contribution in [0.25, 0.3) is 0 Å². The Morgan fingerprint density at radius 2 is 1.75 bits per heavy atom. The predicted molar refractivity (Wildman–Crippen MR) is 77.1 cm³/mol. The Bertz CT molecular complexity index is 280. The van der Waals surface area contributed by atoms with Crippen LogP contribution in [-0.4, -0.2) is 19.1 Å². The molecule has 1 rings (SSSR count). The van der Waals surface area contributed by atoms with Crippen LogP contribution in [0.5, 0.6) is 5.75 Å². The van der Waals surface area contributed by atoms with Gasteiger partial charge in [-0.3, -0.25) is 0 Å². The number of hydrogen-bond acceptors (Lipinski definition) is 4. The molecule has 0 amide bonds. The van der Waals surface area contributed by atoms with Gasteiger partial charge in [-0.05, 0) is 31.6 Å². The average molecular weight is 242 g/mol. The second-order valence-electron chi connectivity index (χ2n) is 2.64. The van der Waals surface area contributed by atoms with E-state index >= 15 is 0 Å². The zero-order valence-corrected chi connectivity index (χ0v) is 11.1. The van der Waals surface area contributed by atoms with Gasteiger partial charge < -0.3 is 16.2 Å². The lowest BCUT2D eigenvalue weighted by atomic mass is 10.2. The zero-order chi connectivity index (χ0) is 13.0. The van der Waals surface area contributed by atoms with Gasteiger partial charge in [-0.25, -0.2) is 0 Å². The maximum absolute atomic E-state index is 5.59. The van der Waals surface area contributed by atoms with Gasteiger partial charge in [0.2, 0.25) is 0 Å². The second kappa shape index (κ2) is 11.8. The molecule has 4 heteroatoms. The molecule has 0 radical (unpaired) electrons. The number of hydrogen-bond donors (Lipinski definition) is 2. The van der Waals surface area contributed by atoms with Gasteiger partial charge in [-0.2, -0.15) is 11.8 Å². The van der Waals surface area contributed by atoms with Crippen LogP contribution in [0.1, 0.15) is 6.92 Å². The summed E-state index contributed by atoms with van der Waals surface area (Å²) in [5, 5.41) is 0. The molecular formula is C12H22N2OS. The minimum atomic E-state index is 0.605. The van der Waals surface area contributed by atoms with Crippen molar-refractivity contribution >= 4 is 23.1 Å². The first-order valence-corrected chi connectivity index (χ1v) is 6.46. The van der Waals surface area contributed by atoms with Crippen LogP contribution in [0.3, 0.4) is 0 Å². The van der Waals surface area contributed by atoms with Crippen LogP contribution in [0, 0.1) is 0 Å². The number of anilines is 2. The molecule has 0 fully saturated rings. The van der Waals surface area contributed by atoms with Crippen LogP contribution in [0.2, 0.25) is 0 Å². The molecular weight excluding hydrogens is 220 g/mol. The van der Waals surface area contributed by atoms with E-state index < -0.39 is 0 Å². The Labute approximate surface area is 103 Å². The van der Waals surface area contributed by atoms with Gasteiger partial charge in [-0.1, -0.05) is 0 Å². The first kappa shape index (κ1) is 17.1. The van der Waals surface area contributed by atoms with E-state index in [9.17, 15) is 0 Å². The number of benzene rings is 1. The molecule has 1 aromatic rings. The van der Waals surface area contributed by atoms with Crippen molar-refractivity contribution in [3.05, 3.63) is 31.4 Å². The fraction of sp³-hybridized carbons (Fsp3) is 0.333. The van der Waals surface area contributed by atoms with Crippen molar-refractivity contribution in [1.29, 1.82) is 0 Å². The first-order valence-electron chi connectivity index (χ1n) is 4.83. The summed E-state index contributed by atoms with van der Waals surface area (Å²) < 4.78 is 5.21. The highest BCUT2D eigenvalue weighted by atomic mass is 32.2. The third-order valence-electron chi connectivity index (χ3n) is 1.34. The molecule has 0 aliphatic heterocycles. The molecule has 0 unspecified atom stereocenters. The maximum Gasteiger partial charge on any atom is 0.144 e. The van der Waals surface area contributed by atoms with Gasteiger partial charge in [0, 0.05) is 11.8 Å². The fourth-order valence-electron chi connectivity index (χ4n) is 0.831. The third kappa shape index (κ3) is 8.05. The van der Waals surface area contributed by atoms with Crippen molar-refractivity contribution in [3.63, 3.8) is 0 Å². The number of nitrogen functional groups attached to an aromatic ring is 2. The van der Waals surface area contributed by atoms with Crippen LogP contribution < -0.4 is 16.2 Å². The summed E-state index contributed by atoms with van der Waals surface area (Å²) in [7, 11) is 0. The number of rotatable bonds is 2. The summed E-state index contributed by atoms with van der Waals surface area (Å²) >= 11 is 1.75. The van der Waals surface area contributed by atoms with Gasteiger partial charge in [0.15, 0.2) is 0 Å². The molecule has 3 nitrogen and oxygen atoms in total. The summed E-state index contributed by atoms with van der Waals surface area (Å²) in [6.45, 7) is 8.51. The highest BCUT2D eigenvalue weighted by Crippen LogP contribution is 2.23. The van der Waals surface area contributed by atoms with Crippen molar-refractivity contribution in [1.82, 2.24) is 0 Å². The molecule has 92 valence electrons. The topological polar surface area (TPSA) is 61.3 Å². The van der Waals surface area contributed by atoms with E-state index in [2.05, 4.69) is 13.2 Å². The van der Waals surface area contributed by atoms with E-state index in [4.69, 9.17) is 16.2 Å². The average Bonchev–Trinajstić information content (AvgIpc) is 2.28. The van der Waals surface area contributed by atoms with E-state index in [1.54, 1.807) is 30.0 Å². The number of thioether (sulfide) groups is 1. The molecule has 0 saturated carbocycles. The normalized spacial score (nSPS) is 7.94. The summed E-state index contributed by atoms with van der Waals surface area (Å²) in [5.74, 6) is 0.660. The summed E-state index contributed by atoms with van der Waals surface area (Å²) in [5.41, 5.74) is 12.4. The quantitative estimate of drug-likeness (QED) is 0.618. The Hall–Kier alpha value is -1.29. The van der Waals surface area contributed by atoms with E-state index in [0.29, 0.717) is 23.7 Å². The van der Waals surface area contributed by atoms with Gasteiger partial charge in [0.25, 0.3) is 0 Å². The van der Waals surface area contributed by atoms with Crippen molar-refractivity contribution in [2.24, 2.45) is 0 Å². The summed E-state index contributed by atoms with van der Waals surface area (Å²) in [6, 6.07) is 5.21. The molecule has 0 aliphatic carbocycles. The van der Waals surface area contributed by atoms with Crippen LogP contribution >= 0.6 is 11.8 Å². The van der Waals surface area contributed by atoms with Crippen molar-refractivity contribution in [2.75, 3.05) is 30.6 Å². The van der Waals surface area contributed by atoms with Crippen LogP contribution in [0.4, 0.5) is 11.4 Å². The molecule has 0 aliphatic rings. The highest BCUT2D eigenvalue weighted by molar-refractivity contribution is 7.97. The van der Waals surface area contributed by atoms with Gasteiger partial charge in [0.05, 0.1) is 12.3 Å². The minimum Gasteiger partial charge on any atom is -0.492 e. The monoisotopic (exact) mass is 242 g/mol.